The topological polar surface area (TPSA) is 69.1 Å². The SMILES string of the molecule is CCOc1ccccc1N1CCN(C(=O)c2cc(-c3ccc(OC)cc3OC)nn2-c2ccc(Cl)c(Cl)c2)CC1. The molecular formula is C30H30Cl2N4O4. The molecule has 5 rings (SSSR count). The molecule has 0 spiro atoms. The number of hydrogen-bond acceptors (Lipinski definition) is 6. The van der Waals surface area contributed by atoms with Gasteiger partial charge in [0.15, 0.2) is 0 Å². The van der Waals surface area contributed by atoms with Crippen molar-refractivity contribution in [2.75, 3.05) is 51.9 Å². The van der Waals surface area contributed by atoms with Crippen LogP contribution in [0.5, 0.6) is 17.2 Å². The number of aromatic nitrogens is 2. The van der Waals surface area contributed by atoms with Crippen LogP contribution in [-0.2, 0) is 0 Å². The van der Waals surface area contributed by atoms with E-state index in [4.69, 9.17) is 42.5 Å². The number of nitrogens with zero attached hydrogens (tertiary/aromatic N) is 4. The largest absolute Gasteiger partial charge is 0.497 e. The van der Waals surface area contributed by atoms with Crippen LogP contribution < -0.4 is 19.1 Å². The molecule has 0 radical (unpaired) electrons. The van der Waals surface area contributed by atoms with Crippen LogP contribution in [0.25, 0.3) is 16.9 Å². The van der Waals surface area contributed by atoms with E-state index in [-0.39, 0.29) is 5.91 Å². The second kappa shape index (κ2) is 12.1. The Morgan fingerprint density at radius 2 is 1.65 bits per heavy atom. The number of rotatable bonds is 8. The summed E-state index contributed by atoms with van der Waals surface area (Å²) in [6, 6.07) is 20.4. The number of anilines is 1. The molecule has 1 aliphatic rings. The number of amides is 1. The molecule has 2 heterocycles. The molecule has 0 aliphatic carbocycles. The van der Waals surface area contributed by atoms with Crippen molar-refractivity contribution in [1.82, 2.24) is 14.7 Å². The molecular weight excluding hydrogens is 551 g/mol. The fraction of sp³-hybridized carbons (Fsp3) is 0.267. The van der Waals surface area contributed by atoms with Crippen molar-refractivity contribution in [2.45, 2.75) is 6.92 Å². The van der Waals surface area contributed by atoms with Crippen LogP contribution in [0.15, 0.2) is 66.7 Å². The standard InChI is InChI=1S/C30H30Cl2N4O4/c1-4-40-28-8-6-5-7-26(28)34-13-15-35(16-14-34)30(37)27-19-25(22-11-10-21(38-2)18-29(22)39-3)33-36(27)20-9-12-23(31)24(32)17-20/h5-12,17-19H,4,13-16H2,1-3H3. The number of methoxy groups -OCH3 is 2. The zero-order chi connectivity index (χ0) is 28.2. The van der Waals surface area contributed by atoms with E-state index >= 15 is 0 Å². The van der Waals surface area contributed by atoms with Gasteiger partial charge in [-0.05, 0) is 55.5 Å². The molecule has 1 saturated heterocycles. The average molecular weight is 582 g/mol. The molecule has 40 heavy (non-hydrogen) atoms. The molecule has 8 nitrogen and oxygen atoms in total. The summed E-state index contributed by atoms with van der Waals surface area (Å²) >= 11 is 12.5. The Labute approximate surface area is 243 Å². The highest BCUT2D eigenvalue weighted by molar-refractivity contribution is 6.42. The van der Waals surface area contributed by atoms with Gasteiger partial charge < -0.3 is 24.0 Å². The lowest BCUT2D eigenvalue weighted by Crippen LogP contribution is -2.49. The van der Waals surface area contributed by atoms with Gasteiger partial charge in [0.05, 0.1) is 47.9 Å². The number of piperazine rings is 1. The summed E-state index contributed by atoms with van der Waals surface area (Å²) in [5.41, 5.74) is 3.38. The van der Waals surface area contributed by atoms with Crippen LogP contribution in [0.3, 0.4) is 0 Å². The maximum absolute atomic E-state index is 14.0. The van der Waals surface area contributed by atoms with Gasteiger partial charge in [-0.3, -0.25) is 4.79 Å². The van der Waals surface area contributed by atoms with E-state index in [1.165, 1.54) is 0 Å². The third-order valence-electron chi connectivity index (χ3n) is 6.83. The van der Waals surface area contributed by atoms with Gasteiger partial charge in [-0.15, -0.1) is 0 Å². The maximum atomic E-state index is 14.0. The minimum absolute atomic E-state index is 0.130. The predicted molar refractivity (Wildman–Crippen MR) is 158 cm³/mol. The number of benzene rings is 3. The molecule has 4 aromatic rings. The summed E-state index contributed by atoms with van der Waals surface area (Å²) < 4.78 is 18.4. The Morgan fingerprint density at radius 1 is 0.875 bits per heavy atom. The first-order valence-electron chi connectivity index (χ1n) is 13.0. The van der Waals surface area contributed by atoms with E-state index < -0.39 is 0 Å². The second-order valence-electron chi connectivity index (χ2n) is 9.17. The number of carbonyl (C=O) groups excluding carboxylic acids is 1. The fourth-order valence-electron chi connectivity index (χ4n) is 4.80. The molecule has 1 fully saturated rings. The van der Waals surface area contributed by atoms with Crippen molar-refractivity contribution in [3.8, 4) is 34.2 Å². The van der Waals surface area contributed by atoms with Gasteiger partial charge in [0, 0.05) is 37.8 Å². The van der Waals surface area contributed by atoms with E-state index in [1.807, 2.05) is 42.2 Å². The second-order valence-corrected chi connectivity index (χ2v) is 9.99. The molecule has 208 valence electrons. The van der Waals surface area contributed by atoms with Gasteiger partial charge in [0.25, 0.3) is 5.91 Å². The van der Waals surface area contributed by atoms with Crippen LogP contribution >= 0.6 is 23.2 Å². The van der Waals surface area contributed by atoms with Gasteiger partial charge in [-0.2, -0.15) is 5.10 Å². The van der Waals surface area contributed by atoms with Gasteiger partial charge in [0.1, 0.15) is 22.9 Å². The van der Waals surface area contributed by atoms with Gasteiger partial charge in [-0.25, -0.2) is 4.68 Å². The first-order valence-corrected chi connectivity index (χ1v) is 13.7. The molecule has 3 aromatic carbocycles. The lowest BCUT2D eigenvalue weighted by Gasteiger charge is -2.36. The number of carbonyl (C=O) groups is 1. The lowest BCUT2D eigenvalue weighted by atomic mass is 10.1. The predicted octanol–water partition coefficient (Wildman–Crippen LogP) is 6.22. The zero-order valence-corrected chi connectivity index (χ0v) is 24.1. The maximum Gasteiger partial charge on any atom is 0.272 e. The quantitative estimate of drug-likeness (QED) is 0.246. The summed E-state index contributed by atoms with van der Waals surface area (Å²) in [7, 11) is 3.18. The summed E-state index contributed by atoms with van der Waals surface area (Å²) in [4.78, 5) is 18.1. The van der Waals surface area contributed by atoms with Crippen LogP contribution in [-0.4, -0.2) is 67.6 Å². The number of para-hydroxylation sites is 2. The van der Waals surface area contributed by atoms with Crippen LogP contribution in [0.2, 0.25) is 10.0 Å². The molecule has 10 heteroatoms. The average Bonchev–Trinajstić information content (AvgIpc) is 3.43. The summed E-state index contributed by atoms with van der Waals surface area (Å²) in [5.74, 6) is 1.96. The molecule has 0 bridgehead atoms. The minimum Gasteiger partial charge on any atom is -0.497 e. The van der Waals surface area contributed by atoms with E-state index in [0.717, 1.165) is 17.0 Å². The third kappa shape index (κ3) is 5.55. The zero-order valence-electron chi connectivity index (χ0n) is 22.6. The van der Waals surface area contributed by atoms with E-state index in [2.05, 4.69) is 11.0 Å². The molecule has 0 saturated carbocycles. The van der Waals surface area contributed by atoms with Crippen LogP contribution in [0.1, 0.15) is 17.4 Å². The van der Waals surface area contributed by atoms with E-state index in [0.29, 0.717) is 71.4 Å². The van der Waals surface area contributed by atoms with Crippen molar-refractivity contribution in [2.24, 2.45) is 0 Å². The Morgan fingerprint density at radius 3 is 2.35 bits per heavy atom. The molecule has 0 atom stereocenters. The molecule has 0 N–H and O–H groups in total. The van der Waals surface area contributed by atoms with Crippen molar-refractivity contribution >= 4 is 34.8 Å². The van der Waals surface area contributed by atoms with Gasteiger partial charge in [-0.1, -0.05) is 35.3 Å². The highest BCUT2D eigenvalue weighted by Gasteiger charge is 2.28. The number of halogens is 2. The first kappa shape index (κ1) is 27.7. The Kier molecular flexibility index (Phi) is 8.38. The van der Waals surface area contributed by atoms with Crippen molar-refractivity contribution in [3.05, 3.63) is 82.5 Å². The molecule has 1 aromatic heterocycles. The highest BCUT2D eigenvalue weighted by Crippen LogP contribution is 2.35. The van der Waals surface area contributed by atoms with E-state index in [1.54, 1.807) is 49.2 Å². The summed E-state index contributed by atoms with van der Waals surface area (Å²) in [6.45, 7) is 5.02. The fourth-order valence-corrected chi connectivity index (χ4v) is 5.09. The number of ether oxygens (including phenoxy) is 3. The van der Waals surface area contributed by atoms with Crippen molar-refractivity contribution in [3.63, 3.8) is 0 Å². The Balaban J connectivity index is 1.47. The normalized spacial score (nSPS) is 13.3. The first-order chi connectivity index (χ1) is 19.4. The molecule has 1 aliphatic heterocycles. The van der Waals surface area contributed by atoms with Crippen molar-refractivity contribution < 1.29 is 19.0 Å². The van der Waals surface area contributed by atoms with Crippen LogP contribution in [0, 0.1) is 0 Å². The highest BCUT2D eigenvalue weighted by atomic mass is 35.5. The Bertz CT molecular complexity index is 1520. The summed E-state index contributed by atoms with van der Waals surface area (Å²) in [6.07, 6.45) is 0. The smallest absolute Gasteiger partial charge is 0.272 e. The van der Waals surface area contributed by atoms with Gasteiger partial charge in [0.2, 0.25) is 0 Å². The number of hydrogen-bond donors (Lipinski definition) is 0. The third-order valence-corrected chi connectivity index (χ3v) is 7.57. The monoisotopic (exact) mass is 580 g/mol. The summed E-state index contributed by atoms with van der Waals surface area (Å²) in [5, 5.41) is 5.61. The van der Waals surface area contributed by atoms with E-state index in [9.17, 15) is 4.79 Å². The van der Waals surface area contributed by atoms with Gasteiger partial charge >= 0.3 is 0 Å². The Hall–Kier alpha value is -3.88. The molecule has 0 unspecified atom stereocenters. The van der Waals surface area contributed by atoms with Crippen LogP contribution in [0.4, 0.5) is 5.69 Å². The lowest BCUT2D eigenvalue weighted by molar-refractivity contribution is 0.0737. The van der Waals surface area contributed by atoms with Crippen molar-refractivity contribution in [1.29, 1.82) is 0 Å². The molecule has 1 amide bonds. The minimum atomic E-state index is -0.130.